The average Bonchev–Trinajstić information content (AvgIpc) is 3.62. The second-order valence-electron chi connectivity index (χ2n) is 10.3. The molecule has 9 heteroatoms. The second-order valence-corrected chi connectivity index (χ2v) is 10.3. The van der Waals surface area contributed by atoms with Gasteiger partial charge in [0.1, 0.15) is 17.0 Å². The molecule has 2 aromatic heterocycles. The molecule has 2 saturated carbocycles. The number of benzene rings is 2. The molecule has 4 N–H and O–H groups in total. The maximum atomic E-state index is 14.2. The van der Waals surface area contributed by atoms with Crippen LogP contribution in [0.2, 0.25) is 0 Å². The Labute approximate surface area is 218 Å². The van der Waals surface area contributed by atoms with Crippen molar-refractivity contribution < 1.29 is 9.18 Å². The smallest absolute Gasteiger partial charge is 0.290 e. The molecule has 0 saturated heterocycles. The summed E-state index contributed by atoms with van der Waals surface area (Å²) in [4.78, 5) is 24.6. The third kappa shape index (κ3) is 4.27. The van der Waals surface area contributed by atoms with Gasteiger partial charge in [-0.2, -0.15) is 10.2 Å². The maximum absolute atomic E-state index is 14.2. The van der Waals surface area contributed by atoms with E-state index in [-0.39, 0.29) is 47.0 Å². The standard InChI is InChI=1S/C29H29FN6O2/c1-2-24(37)32-18-11-13-19(14-12-18)36-27-25(28(31)33-34-29(27)38)26(35-36)17-9-7-16(8-10-17)21-15-22(21)20-5-3-4-6-23(20)30/h2-10,18-19,21-22H,1,11-15H2,(H2,31,33)(H,32,37)(H,34,38)/t18-,19+,21?,22?. The van der Waals surface area contributed by atoms with Gasteiger partial charge in [-0.05, 0) is 67.2 Å². The van der Waals surface area contributed by atoms with Crippen LogP contribution in [0.5, 0.6) is 0 Å². The first kappa shape index (κ1) is 24.1. The fourth-order valence-corrected chi connectivity index (χ4v) is 5.88. The number of fused-ring (bicyclic) bond motifs is 1. The number of hydrogen-bond donors (Lipinski definition) is 3. The molecule has 2 unspecified atom stereocenters. The van der Waals surface area contributed by atoms with Crippen LogP contribution >= 0.6 is 0 Å². The number of anilines is 1. The Hall–Kier alpha value is -4.27. The Morgan fingerprint density at radius 3 is 2.55 bits per heavy atom. The first-order chi connectivity index (χ1) is 18.4. The van der Waals surface area contributed by atoms with Crippen molar-refractivity contribution in [1.29, 1.82) is 0 Å². The number of carbonyl (C=O) groups is 1. The summed E-state index contributed by atoms with van der Waals surface area (Å²) in [5, 5.41) is 14.9. The van der Waals surface area contributed by atoms with Crippen molar-refractivity contribution in [3.63, 3.8) is 0 Å². The SMILES string of the molecule is C=CC(=O)N[C@H]1CC[C@@H](n2nc(-c3ccc(C4CC4c4ccccc4F)cc3)c3c(N)n[nH]c(=O)c32)CC1. The van der Waals surface area contributed by atoms with Gasteiger partial charge in [-0.3, -0.25) is 14.3 Å². The Morgan fingerprint density at radius 1 is 1.11 bits per heavy atom. The number of aromatic amines is 1. The van der Waals surface area contributed by atoms with E-state index in [0.717, 1.165) is 48.8 Å². The summed E-state index contributed by atoms with van der Waals surface area (Å²) in [6.07, 6.45) is 5.27. The van der Waals surface area contributed by atoms with Crippen molar-refractivity contribution >= 4 is 22.6 Å². The molecule has 0 bridgehead atoms. The zero-order valence-corrected chi connectivity index (χ0v) is 20.9. The summed E-state index contributed by atoms with van der Waals surface area (Å²) < 4.78 is 16.0. The third-order valence-corrected chi connectivity index (χ3v) is 7.94. The molecule has 2 aromatic carbocycles. The molecule has 4 aromatic rings. The lowest BCUT2D eigenvalue weighted by atomic mass is 9.91. The molecule has 2 aliphatic rings. The molecular weight excluding hydrogens is 483 g/mol. The van der Waals surface area contributed by atoms with E-state index in [1.54, 1.807) is 10.7 Å². The number of nitrogens with zero attached hydrogens (tertiary/aromatic N) is 3. The maximum Gasteiger partial charge on any atom is 0.290 e. The van der Waals surface area contributed by atoms with Gasteiger partial charge in [-0.15, -0.1) is 0 Å². The van der Waals surface area contributed by atoms with Gasteiger partial charge in [0.25, 0.3) is 5.56 Å². The fraction of sp³-hybridized carbons (Fsp3) is 0.310. The van der Waals surface area contributed by atoms with Crippen LogP contribution in [0.4, 0.5) is 10.2 Å². The third-order valence-electron chi connectivity index (χ3n) is 7.94. The molecule has 0 radical (unpaired) electrons. The molecule has 0 aliphatic heterocycles. The first-order valence-electron chi connectivity index (χ1n) is 13.0. The van der Waals surface area contributed by atoms with Gasteiger partial charge in [-0.1, -0.05) is 49.0 Å². The molecule has 194 valence electrons. The van der Waals surface area contributed by atoms with Crippen LogP contribution < -0.4 is 16.6 Å². The number of hydrogen-bond acceptors (Lipinski definition) is 5. The number of nitrogens with one attached hydrogen (secondary N) is 2. The highest BCUT2D eigenvalue weighted by Crippen LogP contribution is 2.55. The summed E-state index contributed by atoms with van der Waals surface area (Å²) >= 11 is 0. The molecule has 2 atom stereocenters. The van der Waals surface area contributed by atoms with E-state index < -0.39 is 0 Å². The molecule has 8 nitrogen and oxygen atoms in total. The zero-order chi connectivity index (χ0) is 26.4. The van der Waals surface area contributed by atoms with Gasteiger partial charge in [0, 0.05) is 11.6 Å². The number of nitrogens with two attached hydrogens (primary N) is 1. The predicted octanol–water partition coefficient (Wildman–Crippen LogP) is 4.56. The highest BCUT2D eigenvalue weighted by atomic mass is 19.1. The van der Waals surface area contributed by atoms with Gasteiger partial charge >= 0.3 is 0 Å². The van der Waals surface area contributed by atoms with Crippen molar-refractivity contribution in [1.82, 2.24) is 25.3 Å². The summed E-state index contributed by atoms with van der Waals surface area (Å²) in [5.74, 6) is 0.358. The van der Waals surface area contributed by atoms with Crippen molar-refractivity contribution in [2.75, 3.05) is 5.73 Å². The Bertz CT molecular complexity index is 1580. The van der Waals surface area contributed by atoms with E-state index in [1.165, 1.54) is 12.1 Å². The van der Waals surface area contributed by atoms with E-state index in [4.69, 9.17) is 10.8 Å². The Kier molecular flexibility index (Phi) is 6.06. The van der Waals surface area contributed by atoms with E-state index in [2.05, 4.69) is 34.2 Å². The Balaban J connectivity index is 1.29. The largest absolute Gasteiger partial charge is 0.382 e. The number of H-pyrrole nitrogens is 1. The second kappa shape index (κ2) is 9.55. The summed E-state index contributed by atoms with van der Waals surface area (Å²) in [5.41, 5.74) is 9.71. The van der Waals surface area contributed by atoms with Gasteiger partial charge in [0.15, 0.2) is 5.82 Å². The number of amides is 1. The molecule has 2 fully saturated rings. The minimum atomic E-state index is -0.336. The van der Waals surface area contributed by atoms with Crippen LogP contribution in [-0.2, 0) is 4.79 Å². The van der Waals surface area contributed by atoms with Gasteiger partial charge < -0.3 is 11.1 Å². The molecule has 38 heavy (non-hydrogen) atoms. The first-order valence-corrected chi connectivity index (χ1v) is 13.0. The van der Waals surface area contributed by atoms with Crippen molar-refractivity contribution in [3.8, 4) is 11.3 Å². The van der Waals surface area contributed by atoms with Gasteiger partial charge in [0.05, 0.1) is 11.4 Å². The monoisotopic (exact) mass is 512 g/mol. The average molecular weight is 513 g/mol. The van der Waals surface area contributed by atoms with Crippen molar-refractivity contribution in [3.05, 3.63) is 88.5 Å². The van der Waals surface area contributed by atoms with Crippen molar-refractivity contribution in [2.45, 2.75) is 56.0 Å². The number of nitrogen functional groups attached to an aromatic ring is 1. The van der Waals surface area contributed by atoms with Crippen LogP contribution in [0.15, 0.2) is 66.0 Å². The Morgan fingerprint density at radius 2 is 1.84 bits per heavy atom. The van der Waals surface area contributed by atoms with E-state index in [9.17, 15) is 14.0 Å². The highest BCUT2D eigenvalue weighted by Gasteiger charge is 2.40. The minimum absolute atomic E-state index is 0.00158. The van der Waals surface area contributed by atoms with Gasteiger partial charge in [-0.25, -0.2) is 9.49 Å². The summed E-state index contributed by atoms with van der Waals surface area (Å²) in [7, 11) is 0. The molecule has 6 rings (SSSR count). The lowest BCUT2D eigenvalue weighted by Gasteiger charge is -2.29. The van der Waals surface area contributed by atoms with Gasteiger partial charge in [0.2, 0.25) is 5.91 Å². The van der Waals surface area contributed by atoms with Crippen LogP contribution in [0, 0.1) is 5.82 Å². The molecule has 2 heterocycles. The molecule has 2 aliphatic carbocycles. The number of carbonyl (C=O) groups excluding carboxylic acids is 1. The summed E-state index contributed by atoms with van der Waals surface area (Å²) in [6.45, 7) is 3.51. The number of halogens is 1. The molecule has 1 amide bonds. The summed E-state index contributed by atoms with van der Waals surface area (Å²) in [6, 6.07) is 15.1. The predicted molar refractivity (Wildman–Crippen MR) is 144 cm³/mol. The zero-order valence-electron chi connectivity index (χ0n) is 20.9. The number of aromatic nitrogens is 4. The molecular formula is C29H29FN6O2. The van der Waals surface area contributed by atoms with E-state index in [1.807, 2.05) is 24.3 Å². The highest BCUT2D eigenvalue weighted by molar-refractivity contribution is 5.99. The van der Waals surface area contributed by atoms with E-state index >= 15 is 0 Å². The molecule has 0 spiro atoms. The van der Waals surface area contributed by atoms with E-state index in [0.29, 0.717) is 16.6 Å². The van der Waals surface area contributed by atoms with Crippen LogP contribution in [0.25, 0.3) is 22.2 Å². The quantitative estimate of drug-likeness (QED) is 0.327. The van der Waals surface area contributed by atoms with Crippen LogP contribution in [-0.4, -0.2) is 31.9 Å². The normalized spacial score (nSPS) is 22.8. The van der Waals surface area contributed by atoms with Crippen LogP contribution in [0.1, 0.15) is 61.1 Å². The lowest BCUT2D eigenvalue weighted by molar-refractivity contribution is -0.117. The van der Waals surface area contributed by atoms with Crippen LogP contribution in [0.3, 0.4) is 0 Å². The topological polar surface area (TPSA) is 119 Å². The number of rotatable bonds is 6. The fourth-order valence-electron chi connectivity index (χ4n) is 5.88. The minimum Gasteiger partial charge on any atom is -0.382 e. The van der Waals surface area contributed by atoms with Crippen molar-refractivity contribution in [2.24, 2.45) is 0 Å². The lowest BCUT2D eigenvalue weighted by Crippen LogP contribution is -2.37.